The number of aromatic nitrogens is 1. The van der Waals surface area contributed by atoms with E-state index >= 15 is 0 Å². The molecule has 0 aromatic carbocycles. The van der Waals surface area contributed by atoms with E-state index in [0.29, 0.717) is 37.8 Å². The number of nitrogens with one attached hydrogen (secondary N) is 2. The van der Waals surface area contributed by atoms with Gasteiger partial charge in [-0.05, 0) is 19.9 Å². The Hall–Kier alpha value is -1.20. The van der Waals surface area contributed by atoms with Gasteiger partial charge in [-0.15, -0.1) is 0 Å². The van der Waals surface area contributed by atoms with Gasteiger partial charge in [-0.2, -0.15) is 0 Å². The predicted molar refractivity (Wildman–Crippen MR) is 71.1 cm³/mol. The summed E-state index contributed by atoms with van der Waals surface area (Å²) in [6.45, 7) is 6.09. The highest BCUT2D eigenvalue weighted by molar-refractivity contribution is 6.29. The Morgan fingerprint density at radius 1 is 1.50 bits per heavy atom. The van der Waals surface area contributed by atoms with Gasteiger partial charge in [0.15, 0.2) is 0 Å². The van der Waals surface area contributed by atoms with E-state index in [0.717, 1.165) is 11.4 Å². The summed E-state index contributed by atoms with van der Waals surface area (Å²) in [4.78, 5) is 13.1. The van der Waals surface area contributed by atoms with Gasteiger partial charge in [-0.25, -0.2) is 0 Å². The average molecular weight is 275 g/mol. The molecule has 0 radical (unpaired) electrons. The van der Waals surface area contributed by atoms with Gasteiger partial charge < -0.3 is 19.8 Å². The molecule has 0 aliphatic heterocycles. The summed E-state index contributed by atoms with van der Waals surface area (Å²) in [6, 6.07) is 1.81. The van der Waals surface area contributed by atoms with E-state index in [-0.39, 0.29) is 6.10 Å². The van der Waals surface area contributed by atoms with Crippen molar-refractivity contribution < 1.29 is 14.3 Å². The predicted octanol–water partition coefficient (Wildman–Crippen LogP) is 2.22. The van der Waals surface area contributed by atoms with Gasteiger partial charge in [0.1, 0.15) is 5.15 Å². The highest BCUT2D eigenvalue weighted by Crippen LogP contribution is 2.20. The van der Waals surface area contributed by atoms with Crippen LogP contribution in [0, 0.1) is 0 Å². The monoisotopic (exact) mass is 274 g/mol. The summed E-state index contributed by atoms with van der Waals surface area (Å²) in [5.74, 6) is 0. The maximum absolute atomic E-state index is 10.1. The second-order valence-corrected chi connectivity index (χ2v) is 4.48. The number of halogens is 1. The van der Waals surface area contributed by atoms with Crippen molar-refractivity contribution in [1.29, 1.82) is 0 Å². The minimum Gasteiger partial charge on any atom is -0.467 e. The molecule has 6 heteroatoms. The number of aromatic amines is 1. The average Bonchev–Trinajstić information content (AvgIpc) is 2.65. The first-order chi connectivity index (χ1) is 8.63. The first-order valence-corrected chi connectivity index (χ1v) is 6.29. The van der Waals surface area contributed by atoms with Crippen LogP contribution in [0.1, 0.15) is 19.5 Å². The molecule has 0 bridgehead atoms. The fourth-order valence-corrected chi connectivity index (χ4v) is 1.73. The van der Waals surface area contributed by atoms with Crippen LogP contribution in [0.5, 0.6) is 0 Å². The van der Waals surface area contributed by atoms with Crippen molar-refractivity contribution in [2.45, 2.75) is 26.4 Å². The van der Waals surface area contributed by atoms with Crippen LogP contribution < -0.4 is 5.32 Å². The number of rotatable bonds is 9. The molecule has 1 aromatic rings. The molecule has 1 heterocycles. The summed E-state index contributed by atoms with van der Waals surface area (Å²) >= 11 is 5.90. The number of carbonyl (C=O) groups is 1. The maximum atomic E-state index is 10.1. The quantitative estimate of drug-likeness (QED) is 0.535. The van der Waals surface area contributed by atoms with Crippen LogP contribution >= 0.6 is 11.6 Å². The topological polar surface area (TPSA) is 63.4 Å². The van der Waals surface area contributed by atoms with E-state index in [1.165, 1.54) is 0 Å². The normalized spacial score (nSPS) is 10.7. The molecule has 102 valence electrons. The lowest BCUT2D eigenvalue weighted by Crippen LogP contribution is -2.13. The van der Waals surface area contributed by atoms with Crippen LogP contribution in [-0.2, 0) is 20.7 Å². The molecule has 1 aromatic heterocycles. The highest BCUT2D eigenvalue weighted by atomic mass is 35.5. The lowest BCUT2D eigenvalue weighted by molar-refractivity contribution is -0.128. The molecule has 0 fully saturated rings. The first kappa shape index (κ1) is 14.9. The molecule has 0 aliphatic carbocycles. The molecule has 1 rings (SSSR count). The molecular formula is C12H19ClN2O3. The summed E-state index contributed by atoms with van der Waals surface area (Å²) < 4.78 is 10.1. The Balaban J connectivity index is 2.40. The van der Waals surface area contributed by atoms with Gasteiger partial charge >= 0.3 is 0 Å². The van der Waals surface area contributed by atoms with Crippen molar-refractivity contribution in [3.8, 4) is 0 Å². The van der Waals surface area contributed by atoms with Gasteiger partial charge in [-0.3, -0.25) is 4.79 Å². The number of ether oxygens (including phenoxy) is 2. The molecule has 0 unspecified atom stereocenters. The number of H-pyrrole nitrogens is 1. The minimum absolute atomic E-state index is 0.224. The SMILES string of the molecule is CC(C)OCCNc1cc(Cl)[nH]c1CCOC=O. The Morgan fingerprint density at radius 2 is 2.28 bits per heavy atom. The van der Waals surface area contributed by atoms with E-state index in [1.54, 1.807) is 0 Å². The summed E-state index contributed by atoms with van der Waals surface area (Å²) in [5.41, 5.74) is 1.84. The Morgan fingerprint density at radius 3 is 2.94 bits per heavy atom. The molecule has 5 nitrogen and oxygen atoms in total. The fourth-order valence-electron chi connectivity index (χ4n) is 1.51. The Labute approximate surface area is 112 Å². The molecular weight excluding hydrogens is 256 g/mol. The zero-order valence-electron chi connectivity index (χ0n) is 10.7. The van der Waals surface area contributed by atoms with Gasteiger partial charge in [0.25, 0.3) is 6.47 Å². The molecule has 0 amide bonds. The lowest BCUT2D eigenvalue weighted by atomic mass is 10.3. The molecule has 2 N–H and O–H groups in total. The van der Waals surface area contributed by atoms with Gasteiger partial charge in [-0.1, -0.05) is 11.6 Å². The number of hydrogen-bond acceptors (Lipinski definition) is 4. The number of hydrogen-bond donors (Lipinski definition) is 2. The smallest absolute Gasteiger partial charge is 0.293 e. The molecule has 0 aliphatic rings. The Kier molecular flexibility index (Phi) is 6.60. The van der Waals surface area contributed by atoms with Crippen molar-refractivity contribution in [1.82, 2.24) is 4.98 Å². The fraction of sp³-hybridized carbons (Fsp3) is 0.583. The van der Waals surface area contributed by atoms with Crippen LogP contribution in [-0.4, -0.2) is 37.3 Å². The van der Waals surface area contributed by atoms with Crippen molar-refractivity contribution in [3.05, 3.63) is 16.9 Å². The summed E-state index contributed by atoms with van der Waals surface area (Å²) in [5, 5.41) is 3.79. The van der Waals surface area contributed by atoms with Gasteiger partial charge in [0.2, 0.25) is 0 Å². The van der Waals surface area contributed by atoms with Crippen molar-refractivity contribution in [2.75, 3.05) is 25.1 Å². The third-order valence-corrected chi connectivity index (χ3v) is 2.48. The molecule has 0 atom stereocenters. The number of carbonyl (C=O) groups excluding carboxylic acids is 1. The number of anilines is 1. The van der Waals surface area contributed by atoms with Gasteiger partial charge in [0.05, 0.1) is 25.0 Å². The summed E-state index contributed by atoms with van der Waals surface area (Å²) in [7, 11) is 0. The minimum atomic E-state index is 0.224. The van der Waals surface area contributed by atoms with E-state index < -0.39 is 0 Å². The standard InChI is InChI=1S/C12H19ClN2O3/c1-9(2)18-6-4-14-11-7-12(13)15-10(11)3-5-17-8-16/h7-9,14-15H,3-6H2,1-2H3. The van der Waals surface area contributed by atoms with Crippen LogP contribution in [0.3, 0.4) is 0 Å². The molecule has 0 spiro atoms. The van der Waals surface area contributed by atoms with Crippen molar-refractivity contribution >= 4 is 23.8 Å². The van der Waals surface area contributed by atoms with Gasteiger partial charge in [0, 0.05) is 18.7 Å². The Bertz CT molecular complexity index is 366. The zero-order chi connectivity index (χ0) is 13.4. The molecule has 0 saturated carbocycles. The van der Waals surface area contributed by atoms with E-state index in [2.05, 4.69) is 15.0 Å². The second-order valence-electron chi connectivity index (χ2n) is 4.07. The lowest BCUT2D eigenvalue weighted by Gasteiger charge is -2.10. The third-order valence-electron chi connectivity index (χ3n) is 2.27. The van der Waals surface area contributed by atoms with E-state index in [4.69, 9.17) is 16.3 Å². The van der Waals surface area contributed by atoms with E-state index in [9.17, 15) is 4.79 Å². The van der Waals surface area contributed by atoms with Crippen molar-refractivity contribution in [2.24, 2.45) is 0 Å². The zero-order valence-corrected chi connectivity index (χ0v) is 11.4. The van der Waals surface area contributed by atoms with Crippen LogP contribution in [0.2, 0.25) is 5.15 Å². The molecule has 18 heavy (non-hydrogen) atoms. The molecule has 0 saturated heterocycles. The van der Waals surface area contributed by atoms with Crippen LogP contribution in [0.25, 0.3) is 0 Å². The summed E-state index contributed by atoms with van der Waals surface area (Å²) in [6.07, 6.45) is 0.820. The first-order valence-electron chi connectivity index (χ1n) is 5.91. The maximum Gasteiger partial charge on any atom is 0.293 e. The third kappa shape index (κ3) is 5.42. The van der Waals surface area contributed by atoms with E-state index in [1.807, 2.05) is 19.9 Å². The van der Waals surface area contributed by atoms with Crippen LogP contribution in [0.15, 0.2) is 6.07 Å². The largest absolute Gasteiger partial charge is 0.467 e. The van der Waals surface area contributed by atoms with Crippen LogP contribution in [0.4, 0.5) is 5.69 Å². The second kappa shape index (κ2) is 8.00. The van der Waals surface area contributed by atoms with Crippen molar-refractivity contribution in [3.63, 3.8) is 0 Å². The highest BCUT2D eigenvalue weighted by Gasteiger charge is 2.07.